The average Bonchev–Trinajstić information content (AvgIpc) is 2.76. The molecule has 31 heavy (non-hydrogen) atoms. The summed E-state index contributed by atoms with van der Waals surface area (Å²) in [5, 5.41) is 21.9. The molecule has 0 aromatic heterocycles. The summed E-state index contributed by atoms with van der Waals surface area (Å²) >= 11 is 0. The van der Waals surface area contributed by atoms with Crippen LogP contribution in [0.3, 0.4) is 0 Å². The molecule has 1 aliphatic heterocycles. The van der Waals surface area contributed by atoms with Crippen LogP contribution < -0.4 is 5.32 Å². The molecule has 0 saturated heterocycles. The van der Waals surface area contributed by atoms with Crippen LogP contribution in [0, 0.1) is 5.41 Å². The molecule has 178 valence electrons. The van der Waals surface area contributed by atoms with E-state index in [0.29, 0.717) is 12.5 Å². The van der Waals surface area contributed by atoms with Crippen LogP contribution in [0.15, 0.2) is 10.1 Å². The lowest BCUT2D eigenvalue weighted by Gasteiger charge is -2.26. The predicted octanol–water partition coefficient (Wildman–Crippen LogP) is 5.86. The molecule has 0 aliphatic carbocycles. The molecule has 3 N–H and O–H groups in total. The number of unbranched alkanes of at least 4 members (excludes halogenated alkanes) is 15. The molecule has 1 amide bonds. The van der Waals surface area contributed by atoms with Crippen LogP contribution in [-0.4, -0.2) is 46.6 Å². The van der Waals surface area contributed by atoms with Crippen molar-refractivity contribution in [2.75, 3.05) is 13.1 Å². The van der Waals surface area contributed by atoms with E-state index in [4.69, 9.17) is 10.6 Å². The van der Waals surface area contributed by atoms with Crippen LogP contribution in [-0.2, 0) is 4.79 Å². The van der Waals surface area contributed by atoms with E-state index in [1.807, 2.05) is 11.8 Å². The first kappa shape index (κ1) is 27.1. The Morgan fingerprint density at radius 1 is 0.839 bits per heavy atom. The maximum Gasteiger partial charge on any atom is 0.283 e. The number of hydrogen-bond acceptors (Lipinski definition) is 5. The Labute approximate surface area is 189 Å². The van der Waals surface area contributed by atoms with Gasteiger partial charge < -0.3 is 10.1 Å². The molecule has 7 heteroatoms. The van der Waals surface area contributed by atoms with Crippen molar-refractivity contribution < 1.29 is 10.0 Å². The number of guanidine groups is 1. The van der Waals surface area contributed by atoms with Gasteiger partial charge in [-0.15, -0.1) is 0 Å². The monoisotopic (exact) mass is 435 g/mol. The number of aliphatic imine (C=N–C) groups is 1. The highest BCUT2D eigenvalue weighted by Gasteiger charge is 2.27. The number of nitrogens with zero attached hydrogens (tertiary/aromatic N) is 3. The van der Waals surface area contributed by atoms with E-state index in [1.165, 1.54) is 89.9 Å². The highest BCUT2D eigenvalue weighted by molar-refractivity contribution is 6.68. The normalized spacial score (nSPS) is 15.3. The number of rotatable bonds is 18. The molecule has 0 bridgehead atoms. The SMILES string of the molecule is CCCCCCCCCCCCCCCCCCN(CC)C1=NC(=N)/C(=N\O)C(=O)N1. The Bertz CT molecular complexity index is 574. The Hall–Kier alpha value is -1.92. The summed E-state index contributed by atoms with van der Waals surface area (Å²) in [6, 6.07) is 0. The summed E-state index contributed by atoms with van der Waals surface area (Å²) in [5.74, 6) is -0.500. The zero-order chi connectivity index (χ0) is 22.7. The van der Waals surface area contributed by atoms with Gasteiger partial charge in [0.15, 0.2) is 5.84 Å². The lowest BCUT2D eigenvalue weighted by Crippen LogP contribution is -2.52. The molecular formula is C24H45N5O2. The van der Waals surface area contributed by atoms with Gasteiger partial charge in [0.25, 0.3) is 5.91 Å². The van der Waals surface area contributed by atoms with Gasteiger partial charge in [0.2, 0.25) is 11.7 Å². The minimum atomic E-state index is -0.581. The Morgan fingerprint density at radius 2 is 1.29 bits per heavy atom. The topological polar surface area (TPSA) is 101 Å². The van der Waals surface area contributed by atoms with E-state index in [1.54, 1.807) is 0 Å². The fraction of sp³-hybridized carbons (Fsp3) is 0.833. The van der Waals surface area contributed by atoms with Crippen molar-refractivity contribution in [3.63, 3.8) is 0 Å². The van der Waals surface area contributed by atoms with Crippen molar-refractivity contribution in [2.45, 2.75) is 117 Å². The third-order valence-corrected chi connectivity index (χ3v) is 5.95. The second-order valence-corrected chi connectivity index (χ2v) is 8.57. The van der Waals surface area contributed by atoms with E-state index in [0.717, 1.165) is 19.4 Å². The maximum absolute atomic E-state index is 11.8. The zero-order valence-electron chi connectivity index (χ0n) is 19.9. The number of carbonyl (C=O) groups excluding carboxylic acids is 1. The van der Waals surface area contributed by atoms with Crippen LogP contribution in [0.4, 0.5) is 0 Å². The van der Waals surface area contributed by atoms with E-state index in [-0.39, 0.29) is 11.5 Å². The molecule has 0 radical (unpaired) electrons. The van der Waals surface area contributed by atoms with Crippen molar-refractivity contribution >= 4 is 23.4 Å². The van der Waals surface area contributed by atoms with Gasteiger partial charge in [-0.3, -0.25) is 15.5 Å². The summed E-state index contributed by atoms with van der Waals surface area (Å²) in [5.41, 5.74) is -0.345. The minimum absolute atomic E-state index is 0.299. The van der Waals surface area contributed by atoms with Gasteiger partial charge in [0, 0.05) is 13.1 Å². The van der Waals surface area contributed by atoms with Gasteiger partial charge in [-0.1, -0.05) is 108 Å². The summed E-state index contributed by atoms with van der Waals surface area (Å²) in [6.07, 6.45) is 21.5. The molecule has 1 rings (SSSR count). The smallest absolute Gasteiger partial charge is 0.283 e. The van der Waals surface area contributed by atoms with Gasteiger partial charge in [-0.25, -0.2) is 0 Å². The second kappa shape index (κ2) is 17.7. The fourth-order valence-electron chi connectivity index (χ4n) is 3.96. The molecule has 1 aliphatic rings. The summed E-state index contributed by atoms with van der Waals surface area (Å²) in [7, 11) is 0. The molecule has 0 fully saturated rings. The minimum Gasteiger partial charge on any atom is -0.410 e. The largest absolute Gasteiger partial charge is 0.410 e. The summed E-state index contributed by atoms with van der Waals surface area (Å²) < 4.78 is 0. The average molecular weight is 436 g/mol. The molecule has 0 aromatic carbocycles. The number of hydrogen-bond donors (Lipinski definition) is 3. The fourth-order valence-corrected chi connectivity index (χ4v) is 3.96. The molecule has 1 heterocycles. The van der Waals surface area contributed by atoms with Crippen molar-refractivity contribution in [3.05, 3.63) is 0 Å². The Morgan fingerprint density at radius 3 is 1.68 bits per heavy atom. The zero-order valence-corrected chi connectivity index (χ0v) is 19.9. The second-order valence-electron chi connectivity index (χ2n) is 8.57. The number of amides is 1. The van der Waals surface area contributed by atoms with Gasteiger partial charge in [0.05, 0.1) is 0 Å². The van der Waals surface area contributed by atoms with Crippen molar-refractivity contribution in [2.24, 2.45) is 10.1 Å². The maximum atomic E-state index is 11.8. The summed E-state index contributed by atoms with van der Waals surface area (Å²) in [4.78, 5) is 17.9. The standard InChI is InChI=1S/C24H45N5O2/c1-3-5-6-7-8-9-10-11-12-13-14-15-16-17-18-19-20-29(4-2)24-26-22(25)21(28-31)23(30)27-24/h31H,3-20H2,1-2H3,(H2,25,26,27,30)/b28-21+. The molecule has 0 spiro atoms. The summed E-state index contributed by atoms with van der Waals surface area (Å²) in [6.45, 7) is 5.78. The number of carbonyl (C=O) groups is 1. The third kappa shape index (κ3) is 11.9. The number of amidine groups is 1. The van der Waals surface area contributed by atoms with Gasteiger partial charge in [-0.2, -0.15) is 4.99 Å². The first-order valence-electron chi connectivity index (χ1n) is 12.6. The van der Waals surface area contributed by atoms with Crippen molar-refractivity contribution in [1.82, 2.24) is 10.2 Å². The van der Waals surface area contributed by atoms with E-state index in [9.17, 15) is 4.79 Å². The number of nitrogens with one attached hydrogen (secondary N) is 2. The third-order valence-electron chi connectivity index (χ3n) is 5.95. The first-order valence-corrected chi connectivity index (χ1v) is 12.6. The van der Waals surface area contributed by atoms with Gasteiger partial charge >= 0.3 is 0 Å². The van der Waals surface area contributed by atoms with Crippen LogP contribution in [0.1, 0.15) is 117 Å². The quantitative estimate of drug-likeness (QED) is 0.143. The lowest BCUT2D eigenvalue weighted by atomic mass is 10.0. The van der Waals surface area contributed by atoms with E-state index in [2.05, 4.69) is 22.4 Å². The highest BCUT2D eigenvalue weighted by Crippen LogP contribution is 2.14. The lowest BCUT2D eigenvalue weighted by molar-refractivity contribution is -0.113. The predicted molar refractivity (Wildman–Crippen MR) is 129 cm³/mol. The Balaban J connectivity index is 1.99. The number of oxime groups is 1. The highest BCUT2D eigenvalue weighted by atomic mass is 16.4. The molecule has 7 nitrogen and oxygen atoms in total. The first-order chi connectivity index (χ1) is 15.1. The van der Waals surface area contributed by atoms with Gasteiger partial charge in [0.1, 0.15) is 0 Å². The molecule has 0 saturated carbocycles. The van der Waals surface area contributed by atoms with Crippen LogP contribution in [0.2, 0.25) is 0 Å². The molecule has 0 atom stereocenters. The Kier molecular flexibility index (Phi) is 15.5. The molecule has 0 aromatic rings. The van der Waals surface area contributed by atoms with Crippen LogP contribution in [0.5, 0.6) is 0 Å². The molecular weight excluding hydrogens is 390 g/mol. The van der Waals surface area contributed by atoms with Crippen LogP contribution in [0.25, 0.3) is 0 Å². The van der Waals surface area contributed by atoms with E-state index >= 15 is 0 Å². The van der Waals surface area contributed by atoms with Crippen molar-refractivity contribution in [1.29, 1.82) is 5.41 Å². The van der Waals surface area contributed by atoms with Gasteiger partial charge in [-0.05, 0) is 13.3 Å². The molecule has 0 unspecified atom stereocenters. The van der Waals surface area contributed by atoms with Crippen molar-refractivity contribution in [3.8, 4) is 0 Å². The van der Waals surface area contributed by atoms with E-state index < -0.39 is 5.91 Å². The van der Waals surface area contributed by atoms with Crippen LogP contribution >= 0.6 is 0 Å².